The lowest BCUT2D eigenvalue weighted by molar-refractivity contribution is 0.100. The Morgan fingerprint density at radius 1 is 1.19 bits per heavy atom. The molecule has 0 radical (unpaired) electrons. The number of carbonyl (C=O) groups excluding carboxylic acids is 1. The third kappa shape index (κ3) is 3.21. The highest BCUT2D eigenvalue weighted by Crippen LogP contribution is 2.23. The zero-order chi connectivity index (χ0) is 18.1. The predicted molar refractivity (Wildman–Crippen MR) is 101 cm³/mol. The molecule has 1 amide bonds. The van der Waals surface area contributed by atoms with E-state index >= 15 is 0 Å². The standard InChI is InChI=1S/C19H12BrN3O3/c20-14-6-7-16-21-18(22-19(25)13-5-8-17(24)26-11-13)15-4-2-1-3-12(15)9-23(16)10-14/h1-8,10-11H,9H2. The van der Waals surface area contributed by atoms with E-state index in [4.69, 9.17) is 4.42 Å². The van der Waals surface area contributed by atoms with E-state index in [0.717, 1.165) is 21.9 Å². The molecule has 0 spiro atoms. The van der Waals surface area contributed by atoms with Gasteiger partial charge in [0.05, 0.1) is 5.56 Å². The quantitative estimate of drug-likeness (QED) is 0.724. The lowest BCUT2D eigenvalue weighted by Gasteiger charge is -2.21. The molecule has 0 saturated carbocycles. The Morgan fingerprint density at radius 2 is 2.04 bits per heavy atom. The Hall–Kier alpha value is -3.06. The third-order valence-electron chi connectivity index (χ3n) is 3.94. The van der Waals surface area contributed by atoms with Crippen molar-refractivity contribution in [3.05, 3.63) is 92.6 Å². The maximum atomic E-state index is 12.5. The Kier molecular flexibility index (Phi) is 4.22. The molecule has 0 bridgehead atoms. The summed E-state index contributed by atoms with van der Waals surface area (Å²) in [5, 5.41) is 0. The van der Waals surface area contributed by atoms with Crippen LogP contribution in [0.25, 0.3) is 0 Å². The van der Waals surface area contributed by atoms with Crippen molar-refractivity contribution in [1.82, 2.24) is 4.90 Å². The highest BCUT2D eigenvalue weighted by atomic mass is 79.9. The van der Waals surface area contributed by atoms with Crippen LogP contribution in [0.4, 0.5) is 0 Å². The van der Waals surface area contributed by atoms with Crippen LogP contribution >= 0.6 is 15.9 Å². The van der Waals surface area contributed by atoms with Crippen molar-refractivity contribution in [2.45, 2.75) is 6.54 Å². The molecule has 0 aliphatic carbocycles. The number of rotatable bonds is 1. The Bertz CT molecular complexity index is 1060. The summed E-state index contributed by atoms with van der Waals surface area (Å²) < 4.78 is 5.68. The molecule has 128 valence electrons. The fraction of sp³-hybridized carbons (Fsp3) is 0.0526. The smallest absolute Gasteiger partial charge is 0.335 e. The molecule has 6 nitrogen and oxygen atoms in total. The molecule has 2 aliphatic rings. The molecule has 0 atom stereocenters. The number of halogens is 1. The van der Waals surface area contributed by atoms with E-state index in [-0.39, 0.29) is 5.56 Å². The van der Waals surface area contributed by atoms with Crippen LogP contribution in [0.15, 0.2) is 84.7 Å². The summed E-state index contributed by atoms with van der Waals surface area (Å²) in [6.45, 7) is 0.613. The summed E-state index contributed by atoms with van der Waals surface area (Å²) in [5.74, 6) is 0.494. The number of hydrogen-bond donors (Lipinski definition) is 0. The Balaban J connectivity index is 1.81. The molecule has 2 aromatic rings. The van der Waals surface area contributed by atoms with E-state index in [1.165, 1.54) is 12.1 Å². The first-order chi connectivity index (χ1) is 12.6. The van der Waals surface area contributed by atoms with Gasteiger partial charge in [0.1, 0.15) is 12.1 Å². The number of aliphatic imine (C=N–C) groups is 2. The van der Waals surface area contributed by atoms with Gasteiger partial charge in [-0.1, -0.05) is 24.3 Å². The van der Waals surface area contributed by atoms with Crippen molar-refractivity contribution < 1.29 is 9.21 Å². The number of hydrogen-bond acceptors (Lipinski definition) is 4. The molecule has 7 heteroatoms. The van der Waals surface area contributed by atoms with Crippen LogP contribution in [0.1, 0.15) is 21.5 Å². The summed E-state index contributed by atoms with van der Waals surface area (Å²) in [7, 11) is 0. The highest BCUT2D eigenvalue weighted by molar-refractivity contribution is 9.11. The average molecular weight is 410 g/mol. The van der Waals surface area contributed by atoms with Gasteiger partial charge in [0.15, 0.2) is 5.84 Å². The number of amidine groups is 2. The summed E-state index contributed by atoms with van der Waals surface area (Å²) in [6.07, 6.45) is 6.79. The summed E-state index contributed by atoms with van der Waals surface area (Å²) >= 11 is 3.46. The number of nitrogens with zero attached hydrogens (tertiary/aromatic N) is 3. The van der Waals surface area contributed by atoms with Gasteiger partial charge in [-0.2, -0.15) is 4.99 Å². The SMILES string of the molecule is O=C(N=C1N=C2C=CC(Br)=CN2Cc2ccccc21)c1ccc(=O)oc1. The van der Waals surface area contributed by atoms with Gasteiger partial charge in [-0.3, -0.25) is 4.79 Å². The zero-order valence-corrected chi connectivity index (χ0v) is 15.0. The second-order valence-corrected chi connectivity index (χ2v) is 6.60. The average Bonchev–Trinajstić information content (AvgIpc) is 2.78. The van der Waals surface area contributed by atoms with Crippen LogP contribution in [0.2, 0.25) is 0 Å². The van der Waals surface area contributed by atoms with E-state index in [0.29, 0.717) is 18.2 Å². The third-order valence-corrected chi connectivity index (χ3v) is 4.41. The van der Waals surface area contributed by atoms with Crippen molar-refractivity contribution in [1.29, 1.82) is 0 Å². The fourth-order valence-corrected chi connectivity index (χ4v) is 3.07. The Morgan fingerprint density at radius 3 is 2.85 bits per heavy atom. The van der Waals surface area contributed by atoms with Crippen LogP contribution in [0.3, 0.4) is 0 Å². The zero-order valence-electron chi connectivity index (χ0n) is 13.4. The second kappa shape index (κ2) is 6.68. The minimum absolute atomic E-state index is 0.192. The van der Waals surface area contributed by atoms with Gasteiger partial charge < -0.3 is 9.32 Å². The summed E-state index contributed by atoms with van der Waals surface area (Å²) in [6, 6.07) is 10.3. The predicted octanol–water partition coefficient (Wildman–Crippen LogP) is 3.25. The van der Waals surface area contributed by atoms with Crippen molar-refractivity contribution in [3.63, 3.8) is 0 Å². The first-order valence-electron chi connectivity index (χ1n) is 7.81. The molecular formula is C19H12BrN3O3. The lowest BCUT2D eigenvalue weighted by atomic mass is 10.1. The molecule has 0 N–H and O–H groups in total. The monoisotopic (exact) mass is 409 g/mol. The van der Waals surface area contributed by atoms with Gasteiger partial charge >= 0.3 is 5.63 Å². The first-order valence-corrected chi connectivity index (χ1v) is 8.60. The normalized spacial score (nSPS) is 17.1. The Labute approximate surface area is 157 Å². The van der Waals surface area contributed by atoms with Gasteiger partial charge in [0.2, 0.25) is 0 Å². The van der Waals surface area contributed by atoms with Crippen LogP contribution in [-0.4, -0.2) is 22.5 Å². The van der Waals surface area contributed by atoms with Crippen LogP contribution in [0.5, 0.6) is 0 Å². The van der Waals surface area contributed by atoms with Crippen molar-refractivity contribution in [2.75, 3.05) is 0 Å². The number of allylic oxidation sites excluding steroid dienone is 2. The molecule has 0 fully saturated rings. The van der Waals surface area contributed by atoms with Gasteiger partial charge in [-0.15, -0.1) is 0 Å². The number of fused-ring (bicyclic) bond motifs is 2. The van der Waals surface area contributed by atoms with E-state index in [2.05, 4.69) is 25.9 Å². The first kappa shape index (κ1) is 16.4. The largest absolute Gasteiger partial charge is 0.430 e. The van der Waals surface area contributed by atoms with Gasteiger partial charge in [-0.25, -0.2) is 9.79 Å². The lowest BCUT2D eigenvalue weighted by Crippen LogP contribution is -2.24. The van der Waals surface area contributed by atoms with Crippen molar-refractivity contribution >= 4 is 33.5 Å². The maximum absolute atomic E-state index is 12.5. The van der Waals surface area contributed by atoms with Crippen molar-refractivity contribution in [2.24, 2.45) is 9.98 Å². The topological polar surface area (TPSA) is 75.2 Å². The minimum atomic E-state index is -0.520. The molecule has 4 rings (SSSR count). The summed E-state index contributed by atoms with van der Waals surface area (Å²) in [4.78, 5) is 34.3. The maximum Gasteiger partial charge on any atom is 0.335 e. The van der Waals surface area contributed by atoms with E-state index in [9.17, 15) is 9.59 Å². The molecule has 0 saturated heterocycles. The minimum Gasteiger partial charge on any atom is -0.430 e. The molecule has 0 unspecified atom stereocenters. The number of carbonyl (C=O) groups is 1. The molecule has 26 heavy (non-hydrogen) atoms. The summed E-state index contributed by atoms with van der Waals surface area (Å²) in [5.41, 5.74) is 1.47. The molecule has 1 aromatic heterocycles. The van der Waals surface area contributed by atoms with E-state index in [1.807, 2.05) is 47.5 Å². The van der Waals surface area contributed by atoms with E-state index in [1.54, 1.807) is 0 Å². The molecular weight excluding hydrogens is 398 g/mol. The van der Waals surface area contributed by atoms with Gasteiger partial charge in [0.25, 0.3) is 5.91 Å². The number of amides is 1. The fourth-order valence-electron chi connectivity index (χ4n) is 2.69. The number of benzene rings is 1. The molecule has 3 heterocycles. The van der Waals surface area contributed by atoms with Crippen LogP contribution in [-0.2, 0) is 6.54 Å². The molecule has 2 aliphatic heterocycles. The molecule has 1 aromatic carbocycles. The van der Waals surface area contributed by atoms with E-state index < -0.39 is 11.5 Å². The highest BCUT2D eigenvalue weighted by Gasteiger charge is 2.21. The van der Waals surface area contributed by atoms with Crippen LogP contribution < -0.4 is 5.63 Å². The van der Waals surface area contributed by atoms with Crippen LogP contribution in [0, 0.1) is 0 Å². The van der Waals surface area contributed by atoms with Crippen molar-refractivity contribution in [3.8, 4) is 0 Å². The van der Waals surface area contributed by atoms with Gasteiger partial charge in [0, 0.05) is 28.9 Å². The van der Waals surface area contributed by atoms with Gasteiger partial charge in [-0.05, 0) is 39.7 Å². The second-order valence-electron chi connectivity index (χ2n) is 5.69.